The Labute approximate surface area is 225 Å². The molecule has 35 heavy (non-hydrogen) atoms. The maximum atomic E-state index is 12.7. The Morgan fingerprint density at radius 1 is 0.400 bits per heavy atom. The van der Waals surface area contributed by atoms with Crippen molar-refractivity contribution in [3.8, 4) is 0 Å². The summed E-state index contributed by atoms with van der Waals surface area (Å²) in [4.78, 5) is 0. The van der Waals surface area contributed by atoms with Crippen molar-refractivity contribution in [3.63, 3.8) is 0 Å². The molecule has 0 heterocycles. The second-order valence-electron chi connectivity index (χ2n) is 11.4. The Balaban J connectivity index is 3.28. The van der Waals surface area contributed by atoms with Crippen LogP contribution in [0, 0.1) is 0 Å². The minimum Gasteiger partial charge on any atom is -0.0654 e. The molecule has 0 aliphatic heterocycles. The van der Waals surface area contributed by atoms with E-state index in [0.29, 0.717) is 0 Å². The Kier molecular flexibility index (Phi) is 29.1. The van der Waals surface area contributed by atoms with E-state index in [1.807, 2.05) is 5.71 Å². The van der Waals surface area contributed by atoms with Crippen molar-refractivity contribution in [1.29, 1.82) is 0 Å². The molecule has 0 aromatic carbocycles. The molecule has 2 nitrogen and oxygen atoms in total. The summed E-state index contributed by atoms with van der Waals surface area (Å²) in [6.07, 6.45) is 37.0. The summed E-state index contributed by atoms with van der Waals surface area (Å²) < 4.78 is 18.5. The number of hydrogen-bond donors (Lipinski definition) is 0. The molecule has 0 aliphatic rings. The standard InChI is InChI=1S/C32H67AsO2/c1-4-6-8-10-12-14-16-18-20-22-24-26-28-30-32-35-33(3,34)31-29-27-25-23-21-19-17-15-13-11-9-7-5-2/h4-32H2,1-3H3. The van der Waals surface area contributed by atoms with Crippen LogP contribution in [0.15, 0.2) is 0 Å². The van der Waals surface area contributed by atoms with Crippen molar-refractivity contribution in [3.05, 3.63) is 0 Å². The van der Waals surface area contributed by atoms with Crippen molar-refractivity contribution in [1.82, 2.24) is 0 Å². The van der Waals surface area contributed by atoms with Gasteiger partial charge in [-0.25, -0.2) is 0 Å². The van der Waals surface area contributed by atoms with Gasteiger partial charge in [-0.15, -0.1) is 0 Å². The van der Waals surface area contributed by atoms with Gasteiger partial charge in [0.25, 0.3) is 0 Å². The smallest absolute Gasteiger partial charge is 0.0654 e. The first-order chi connectivity index (χ1) is 17.1. The van der Waals surface area contributed by atoms with Gasteiger partial charge < -0.3 is 0 Å². The summed E-state index contributed by atoms with van der Waals surface area (Å²) in [6.45, 7) is 5.30. The molecule has 1 unspecified atom stereocenters. The number of rotatable bonds is 30. The predicted molar refractivity (Wildman–Crippen MR) is 159 cm³/mol. The van der Waals surface area contributed by atoms with Gasteiger partial charge in [0.15, 0.2) is 0 Å². The first-order valence-electron chi connectivity index (χ1n) is 16.3. The number of unbranched alkanes of at least 4 members (excludes halogenated alkanes) is 25. The molecule has 0 saturated heterocycles. The Morgan fingerprint density at radius 2 is 0.657 bits per heavy atom. The van der Waals surface area contributed by atoms with Crippen LogP contribution in [0.4, 0.5) is 0 Å². The molecule has 0 rings (SSSR count). The quantitative estimate of drug-likeness (QED) is 0.0647. The van der Waals surface area contributed by atoms with E-state index in [4.69, 9.17) is 3.73 Å². The predicted octanol–water partition coefficient (Wildman–Crippen LogP) is 12.1. The van der Waals surface area contributed by atoms with Crippen LogP contribution in [0.25, 0.3) is 0 Å². The van der Waals surface area contributed by atoms with Crippen LogP contribution in [-0.4, -0.2) is 20.4 Å². The monoisotopic (exact) mass is 558 g/mol. The molecular formula is C32H67AsO2. The second-order valence-corrected chi connectivity index (χ2v) is 17.1. The van der Waals surface area contributed by atoms with Gasteiger partial charge in [-0.05, 0) is 0 Å². The summed E-state index contributed by atoms with van der Waals surface area (Å²) in [6, 6.07) is 0. The molecule has 212 valence electrons. The van der Waals surface area contributed by atoms with Crippen LogP contribution < -0.4 is 0 Å². The fraction of sp³-hybridized carbons (Fsp3) is 1.00. The summed E-state index contributed by atoms with van der Waals surface area (Å²) >= 11 is -3.01. The molecule has 0 amide bonds. The first-order valence-corrected chi connectivity index (χ1v) is 21.1. The molecule has 0 bridgehead atoms. The third-order valence-corrected chi connectivity index (χ3v) is 11.4. The summed E-state index contributed by atoms with van der Waals surface area (Å²) in [5.41, 5.74) is 1.92. The fourth-order valence-electron chi connectivity index (χ4n) is 5.04. The number of hydrogen-bond acceptors (Lipinski definition) is 2. The fourth-order valence-corrected chi connectivity index (χ4v) is 8.06. The molecule has 0 aromatic heterocycles. The van der Waals surface area contributed by atoms with E-state index in [0.717, 1.165) is 24.7 Å². The van der Waals surface area contributed by atoms with Gasteiger partial charge in [-0.3, -0.25) is 0 Å². The first kappa shape index (κ1) is 35.3. The zero-order valence-corrected chi connectivity index (χ0v) is 26.6. The topological polar surface area (TPSA) is 26.3 Å². The Hall–Kier alpha value is 0.318. The van der Waals surface area contributed by atoms with Crippen LogP contribution in [-0.2, 0) is 7.47 Å². The third kappa shape index (κ3) is 30.4. The van der Waals surface area contributed by atoms with E-state index >= 15 is 0 Å². The average molecular weight is 559 g/mol. The Morgan fingerprint density at radius 3 is 0.971 bits per heavy atom. The van der Waals surface area contributed by atoms with Crippen molar-refractivity contribution < 1.29 is 7.47 Å². The van der Waals surface area contributed by atoms with Gasteiger partial charge in [0.2, 0.25) is 0 Å². The van der Waals surface area contributed by atoms with Crippen LogP contribution in [0.2, 0.25) is 10.9 Å². The summed E-state index contributed by atoms with van der Waals surface area (Å²) in [7, 11) is 0. The van der Waals surface area contributed by atoms with E-state index in [1.165, 1.54) is 161 Å². The Bertz CT molecular complexity index is 437. The summed E-state index contributed by atoms with van der Waals surface area (Å²) in [5, 5.41) is 0.842. The zero-order valence-electron chi connectivity index (χ0n) is 24.8. The van der Waals surface area contributed by atoms with Crippen LogP contribution >= 0.6 is 0 Å². The second kappa shape index (κ2) is 28.9. The normalized spacial score (nSPS) is 13.3. The van der Waals surface area contributed by atoms with Crippen molar-refractivity contribution >= 4 is 13.8 Å². The van der Waals surface area contributed by atoms with Crippen molar-refractivity contribution in [2.24, 2.45) is 0 Å². The van der Waals surface area contributed by atoms with E-state index in [1.54, 1.807) is 0 Å². The van der Waals surface area contributed by atoms with Gasteiger partial charge in [0.05, 0.1) is 0 Å². The molecule has 0 radical (unpaired) electrons. The molecule has 0 aliphatic carbocycles. The molecule has 0 spiro atoms. The van der Waals surface area contributed by atoms with Gasteiger partial charge >= 0.3 is 174 Å². The molecular weight excluding hydrogens is 491 g/mol. The third-order valence-electron chi connectivity index (χ3n) is 7.53. The zero-order chi connectivity index (χ0) is 25.7. The average Bonchev–Trinajstić information content (AvgIpc) is 2.84. The van der Waals surface area contributed by atoms with Gasteiger partial charge in [0, 0.05) is 0 Å². The minimum absolute atomic E-state index is 0.726. The van der Waals surface area contributed by atoms with Gasteiger partial charge in [-0.2, -0.15) is 0 Å². The van der Waals surface area contributed by atoms with Crippen molar-refractivity contribution in [2.75, 3.05) is 6.61 Å². The molecule has 0 saturated carbocycles. The van der Waals surface area contributed by atoms with E-state index < -0.39 is 13.8 Å². The summed E-state index contributed by atoms with van der Waals surface area (Å²) in [5.74, 6) is 0. The van der Waals surface area contributed by atoms with Gasteiger partial charge in [-0.1, -0.05) is 52.4 Å². The van der Waals surface area contributed by atoms with E-state index in [-0.39, 0.29) is 0 Å². The maximum absolute atomic E-state index is 12.7. The van der Waals surface area contributed by atoms with E-state index in [2.05, 4.69) is 13.8 Å². The SMILES string of the molecule is CCCCCCCCCCCCCCCCO[As](C)(=O)CCCCCCCCCCCCCCC. The molecule has 0 fully saturated rings. The minimum atomic E-state index is -3.01. The molecule has 0 N–H and O–H groups in total. The van der Waals surface area contributed by atoms with Crippen molar-refractivity contribution in [2.45, 2.75) is 198 Å². The van der Waals surface area contributed by atoms with Gasteiger partial charge in [0.1, 0.15) is 0 Å². The molecule has 0 aromatic rings. The van der Waals surface area contributed by atoms with Crippen LogP contribution in [0.1, 0.15) is 187 Å². The van der Waals surface area contributed by atoms with Crippen LogP contribution in [0.5, 0.6) is 0 Å². The van der Waals surface area contributed by atoms with Crippen LogP contribution in [0.3, 0.4) is 0 Å². The molecule has 1 atom stereocenters. The van der Waals surface area contributed by atoms with E-state index in [9.17, 15) is 3.74 Å². The molecule has 3 heteroatoms.